The molecule has 0 atom stereocenters. The third-order valence-electron chi connectivity index (χ3n) is 0.516. The second-order valence-corrected chi connectivity index (χ2v) is 14.4. The van der Waals surface area contributed by atoms with Gasteiger partial charge in [0.15, 0.2) is 0 Å². The smallest absolute Gasteiger partial charge is 0.852 e. The summed E-state index contributed by atoms with van der Waals surface area (Å²) < 4.78 is 0. The quantitative estimate of drug-likeness (QED) is 0.138. The molecule has 0 aliphatic carbocycles. The van der Waals surface area contributed by atoms with Crippen LogP contribution < -0.4 is 40.1 Å². The average molecular weight is 514 g/mol. The first-order chi connectivity index (χ1) is 5.89. The van der Waals surface area contributed by atoms with Crippen molar-refractivity contribution >= 4 is 56.8 Å². The summed E-state index contributed by atoms with van der Waals surface area (Å²) in [5.74, 6) is 0. The molecule has 17 heavy (non-hydrogen) atoms. The minimum absolute atomic E-state index is 0. The maximum absolute atomic E-state index is 9.94. The zero-order valence-electron chi connectivity index (χ0n) is 8.59. The standard InChI is InChI=1S/2H4N2O2PS2.3Zn/c2*1-7(2)5(3,4)6;;;/h2*1-2H2;;;/q2*-3;3*+2. The molecule has 8 nitrogen and oxygen atoms in total. The Labute approximate surface area is 153 Å². The van der Waals surface area contributed by atoms with Gasteiger partial charge in [-0.25, -0.2) is 0 Å². The minimum Gasteiger partial charge on any atom is -0.852 e. The Hall–Kier alpha value is 3.81. The second-order valence-electron chi connectivity index (χ2n) is 1.59. The zero-order valence-corrected chi connectivity index (χ0v) is 22.5. The molecule has 92 valence electrons. The fourth-order valence-electron chi connectivity index (χ4n) is 0. The predicted molar refractivity (Wildman–Crippen MR) is 60.0 cm³/mol. The monoisotopic (exact) mass is 510 g/mol. The topological polar surface area (TPSA) is 196 Å². The molecule has 0 radical (unpaired) electrons. The molecule has 0 heterocycles. The molecule has 17 heteroatoms. The van der Waals surface area contributed by atoms with Crippen molar-refractivity contribution in [3.63, 3.8) is 0 Å². The zero-order chi connectivity index (χ0) is 12.2. The third kappa shape index (κ3) is 25.1. The van der Waals surface area contributed by atoms with E-state index in [4.69, 9.17) is 20.6 Å². The number of rotatable bonds is 0. The van der Waals surface area contributed by atoms with E-state index < -0.39 is 32.3 Å². The van der Waals surface area contributed by atoms with Crippen LogP contribution in [0.5, 0.6) is 0 Å². The van der Waals surface area contributed by atoms with Crippen molar-refractivity contribution in [2.24, 2.45) is 20.6 Å². The van der Waals surface area contributed by atoms with Gasteiger partial charge in [0, 0.05) is 0 Å². The van der Waals surface area contributed by atoms with Gasteiger partial charge in [-0.1, -0.05) is 0 Å². The molecule has 0 saturated heterocycles. The molecule has 0 fully saturated rings. The van der Waals surface area contributed by atoms with Gasteiger partial charge in [0.05, 0.1) is 0 Å². The van der Waals surface area contributed by atoms with Crippen LogP contribution in [0, 0.1) is 0 Å². The largest absolute Gasteiger partial charge is 2.00 e. The normalized spacial score (nSPS) is 10.6. The molecule has 0 amide bonds. The van der Waals surface area contributed by atoms with Gasteiger partial charge < -0.3 is 55.5 Å². The van der Waals surface area contributed by atoms with Gasteiger partial charge >= 0.3 is 58.4 Å². The summed E-state index contributed by atoms with van der Waals surface area (Å²) in [5, 5.41) is 18.8. The molecule has 0 rings (SSSR count). The average Bonchev–Trinajstić information content (AvgIpc) is 1.83. The fourth-order valence-corrected chi connectivity index (χ4v) is 0. The molecule has 0 aliphatic heterocycles. The molecular weight excluding hydrogens is 506 g/mol. The molecule has 0 aromatic heterocycles. The van der Waals surface area contributed by atoms with E-state index >= 15 is 0 Å². The molecule has 0 unspecified atom stereocenters. The van der Waals surface area contributed by atoms with Gasteiger partial charge in [-0.2, -0.15) is 0 Å². The summed E-state index contributed by atoms with van der Waals surface area (Å²) in [6.07, 6.45) is 0. The first kappa shape index (κ1) is 32.7. The van der Waals surface area contributed by atoms with Crippen molar-refractivity contribution in [3.05, 3.63) is 0 Å². The third-order valence-corrected chi connectivity index (χ3v) is 7.75. The van der Waals surface area contributed by atoms with Gasteiger partial charge in [0.1, 0.15) is 0 Å². The van der Waals surface area contributed by atoms with Crippen LogP contribution in [0.25, 0.3) is 0 Å². The number of hydrogen-bond donors (Lipinski definition) is 4. The Morgan fingerprint density at radius 3 is 0.706 bits per heavy atom. The summed E-state index contributed by atoms with van der Waals surface area (Å²) in [4.78, 5) is 39.7. The van der Waals surface area contributed by atoms with Crippen molar-refractivity contribution in [1.82, 2.24) is 0 Å². The van der Waals surface area contributed by atoms with Crippen molar-refractivity contribution in [2.45, 2.75) is 0 Å². The maximum atomic E-state index is 9.94. The first-order valence-corrected chi connectivity index (χ1v) is 11.6. The van der Waals surface area contributed by atoms with Crippen LogP contribution in [-0.2, 0) is 104 Å². The van der Waals surface area contributed by atoms with Crippen molar-refractivity contribution in [2.75, 3.05) is 0 Å². The fraction of sp³-hybridized carbons (Fsp3) is 0. The Morgan fingerprint density at radius 2 is 0.706 bits per heavy atom. The van der Waals surface area contributed by atoms with E-state index in [1.165, 1.54) is 0 Å². The number of nitrogens with two attached hydrogens (primary N) is 4. The molecule has 0 aromatic carbocycles. The van der Waals surface area contributed by atoms with E-state index in [2.05, 4.69) is 24.5 Å². The summed E-state index contributed by atoms with van der Waals surface area (Å²) in [7, 11) is -3.24. The van der Waals surface area contributed by atoms with Gasteiger partial charge in [-0.3, -0.25) is 20.6 Å². The summed E-state index contributed by atoms with van der Waals surface area (Å²) >= 11 is 7.74. The number of hydrogen-bond acceptors (Lipinski definition) is 6. The molecular formula is H8N4O4P2S4Zn3. The molecule has 0 aliphatic rings. The van der Waals surface area contributed by atoms with Gasteiger partial charge in [0.2, 0.25) is 0 Å². The first-order valence-electron chi connectivity index (χ1n) is 2.40. The Bertz CT molecular complexity index is 247. The molecule has 8 N–H and O–H groups in total. The summed E-state index contributed by atoms with van der Waals surface area (Å²) in [6, 6.07) is 0. The van der Waals surface area contributed by atoms with E-state index in [1.807, 2.05) is 0 Å². The summed E-state index contributed by atoms with van der Waals surface area (Å²) in [6.45, 7) is 0. The Balaban J connectivity index is -0.0000000480. The van der Waals surface area contributed by atoms with Crippen LogP contribution in [0.4, 0.5) is 0 Å². The Kier molecular flexibility index (Phi) is 28.3. The van der Waals surface area contributed by atoms with Crippen molar-refractivity contribution < 1.29 is 78.0 Å². The van der Waals surface area contributed by atoms with Crippen LogP contribution in [0.1, 0.15) is 0 Å². The molecule has 0 spiro atoms. The molecule has 0 aromatic rings. The van der Waals surface area contributed by atoms with E-state index in [1.54, 1.807) is 0 Å². The van der Waals surface area contributed by atoms with E-state index in [0.29, 0.717) is 0 Å². The predicted octanol–water partition coefficient (Wildman–Crippen LogP) is -5.41. The summed E-state index contributed by atoms with van der Waals surface area (Å²) in [5.41, 5.74) is -7.64. The van der Waals surface area contributed by atoms with Crippen LogP contribution in [-0.4, -0.2) is 0 Å². The van der Waals surface area contributed by atoms with Crippen molar-refractivity contribution in [1.29, 1.82) is 0 Å². The van der Waals surface area contributed by atoms with Crippen LogP contribution in [0.15, 0.2) is 0 Å². The van der Waals surface area contributed by atoms with Crippen LogP contribution in [0.3, 0.4) is 0 Å². The van der Waals surface area contributed by atoms with Gasteiger partial charge in [0.25, 0.3) is 0 Å². The second kappa shape index (κ2) is 14.7. The van der Waals surface area contributed by atoms with Gasteiger partial charge in [-0.05, 0) is 0 Å². The SMILES string of the molecule is NS(N)=P([O-])([O-])[S-].NS(N)=P([O-])([O-])[S-].[Zn+2].[Zn+2].[Zn+2]. The van der Waals surface area contributed by atoms with Crippen molar-refractivity contribution in [3.8, 4) is 0 Å². The minimum atomic E-state index is -3.82. The Morgan fingerprint density at radius 1 is 0.647 bits per heavy atom. The van der Waals surface area contributed by atoms with Crippen LogP contribution >= 0.6 is 11.4 Å². The molecule has 0 bridgehead atoms. The van der Waals surface area contributed by atoms with E-state index in [0.717, 1.165) is 0 Å². The van der Waals surface area contributed by atoms with E-state index in [-0.39, 0.29) is 58.4 Å². The molecule has 0 saturated carbocycles. The van der Waals surface area contributed by atoms with Crippen LogP contribution in [0.2, 0.25) is 0 Å². The maximum Gasteiger partial charge on any atom is 2.00 e. The van der Waals surface area contributed by atoms with Gasteiger partial charge in [-0.15, -0.1) is 20.9 Å². The van der Waals surface area contributed by atoms with E-state index in [9.17, 15) is 19.6 Å².